The number of hydrogen-bond acceptors (Lipinski definition) is 1. The van der Waals surface area contributed by atoms with E-state index in [9.17, 15) is 0 Å². The van der Waals surface area contributed by atoms with Crippen molar-refractivity contribution < 1.29 is 0 Å². The summed E-state index contributed by atoms with van der Waals surface area (Å²) in [6, 6.07) is 0. The number of thioether (sulfide) groups is 1. The molecule has 13 heavy (non-hydrogen) atoms. The van der Waals surface area contributed by atoms with E-state index >= 15 is 0 Å². The van der Waals surface area contributed by atoms with Crippen LogP contribution in [0, 0.1) is 11.8 Å². The van der Waals surface area contributed by atoms with Crippen LogP contribution in [0.5, 0.6) is 0 Å². The first-order chi connectivity index (χ1) is 6.09. The molecule has 0 nitrogen and oxygen atoms in total. The van der Waals surface area contributed by atoms with Crippen molar-refractivity contribution in [3.05, 3.63) is 0 Å². The molecule has 0 radical (unpaired) electrons. The van der Waals surface area contributed by atoms with Crippen molar-refractivity contribution in [2.75, 3.05) is 5.75 Å². The molecular formula is C11H22SSi. The van der Waals surface area contributed by atoms with Gasteiger partial charge in [0.2, 0.25) is 0 Å². The van der Waals surface area contributed by atoms with Gasteiger partial charge in [-0.3, -0.25) is 0 Å². The van der Waals surface area contributed by atoms with Crippen molar-refractivity contribution in [3.63, 3.8) is 0 Å². The quantitative estimate of drug-likeness (QED) is 0.599. The van der Waals surface area contributed by atoms with Gasteiger partial charge in [-0.25, -0.2) is 0 Å². The third kappa shape index (κ3) is 1.99. The molecule has 2 aliphatic rings. The molecule has 0 unspecified atom stereocenters. The van der Waals surface area contributed by atoms with Crippen molar-refractivity contribution in [2.24, 2.45) is 11.8 Å². The highest BCUT2D eigenvalue weighted by molar-refractivity contribution is 8.01. The Hall–Kier alpha value is 0.567. The van der Waals surface area contributed by atoms with Crippen molar-refractivity contribution in [2.45, 2.75) is 50.2 Å². The Bertz CT molecular complexity index is 185. The molecular weight excluding hydrogens is 192 g/mol. The van der Waals surface area contributed by atoms with Gasteiger partial charge in [-0.15, -0.1) is 0 Å². The molecule has 3 atom stereocenters. The minimum atomic E-state index is -0.869. The molecule has 1 aliphatic carbocycles. The maximum Gasteiger partial charge on any atom is 0.0590 e. The van der Waals surface area contributed by atoms with Crippen LogP contribution >= 0.6 is 11.8 Å². The van der Waals surface area contributed by atoms with E-state index in [1.807, 2.05) is 0 Å². The summed E-state index contributed by atoms with van der Waals surface area (Å²) in [6.45, 7) is 7.67. The van der Waals surface area contributed by atoms with Gasteiger partial charge in [0.15, 0.2) is 0 Å². The highest BCUT2D eigenvalue weighted by atomic mass is 32.2. The van der Waals surface area contributed by atoms with Crippen molar-refractivity contribution in [3.8, 4) is 0 Å². The fourth-order valence-electron chi connectivity index (χ4n) is 3.08. The lowest BCUT2D eigenvalue weighted by atomic mass is 9.82. The minimum absolute atomic E-state index is 0.869. The Balaban J connectivity index is 2.07. The monoisotopic (exact) mass is 214 g/mol. The van der Waals surface area contributed by atoms with Gasteiger partial charge in [0, 0.05) is 4.87 Å². The summed E-state index contributed by atoms with van der Waals surface area (Å²) < 4.78 is 0. The Labute approximate surface area is 87.9 Å². The van der Waals surface area contributed by atoms with Gasteiger partial charge in [-0.2, -0.15) is 11.8 Å². The molecule has 0 spiro atoms. The molecule has 2 heteroatoms. The zero-order chi connectivity index (χ0) is 9.47. The van der Waals surface area contributed by atoms with Crippen LogP contribution in [0.15, 0.2) is 0 Å². The predicted molar refractivity (Wildman–Crippen MR) is 65.0 cm³/mol. The largest absolute Gasteiger partial charge is 0.161 e. The lowest BCUT2D eigenvalue weighted by Gasteiger charge is -2.34. The van der Waals surface area contributed by atoms with Crippen LogP contribution < -0.4 is 0 Å². The smallest absolute Gasteiger partial charge is 0.0590 e. The molecule has 2 fully saturated rings. The van der Waals surface area contributed by atoms with E-state index in [2.05, 4.69) is 31.4 Å². The molecule has 1 saturated heterocycles. The molecule has 0 aromatic carbocycles. The molecule has 2 rings (SSSR count). The zero-order valence-corrected chi connectivity index (χ0v) is 11.0. The molecule has 0 N–H and O–H groups in total. The molecule has 0 bridgehead atoms. The second kappa shape index (κ2) is 3.61. The summed E-state index contributed by atoms with van der Waals surface area (Å²) in [4.78, 5) is 1.08. The number of fused-ring (bicyclic) bond motifs is 1. The second-order valence-corrected chi connectivity index (χ2v) is 12.8. The van der Waals surface area contributed by atoms with Gasteiger partial charge in [-0.1, -0.05) is 32.5 Å². The lowest BCUT2D eigenvalue weighted by molar-refractivity contribution is 0.288. The van der Waals surface area contributed by atoms with E-state index in [4.69, 9.17) is 0 Å². The van der Waals surface area contributed by atoms with Gasteiger partial charge in [0.05, 0.1) is 8.07 Å². The Morgan fingerprint density at radius 3 is 2.46 bits per heavy atom. The van der Waals surface area contributed by atoms with Crippen LogP contribution in [0.1, 0.15) is 25.7 Å². The SMILES string of the molecule is C[Si](C)(C)[C@@H]1SC[C@H]2CCCC[C@@H]21. The summed E-state index contributed by atoms with van der Waals surface area (Å²) in [7, 11) is -0.869. The molecule has 0 aromatic heterocycles. The van der Waals surface area contributed by atoms with Crippen molar-refractivity contribution in [1.29, 1.82) is 0 Å². The van der Waals surface area contributed by atoms with E-state index in [0.29, 0.717) is 0 Å². The fraction of sp³-hybridized carbons (Fsp3) is 1.00. The zero-order valence-electron chi connectivity index (χ0n) is 9.18. The van der Waals surface area contributed by atoms with Crippen LogP contribution in [0.2, 0.25) is 19.6 Å². The number of rotatable bonds is 1. The molecule has 1 heterocycles. The van der Waals surface area contributed by atoms with E-state index in [1.54, 1.807) is 12.8 Å². The second-order valence-electron chi connectivity index (χ2n) is 5.83. The molecule has 1 aliphatic heterocycles. The van der Waals surface area contributed by atoms with E-state index in [1.165, 1.54) is 18.6 Å². The van der Waals surface area contributed by atoms with Gasteiger partial charge in [0.1, 0.15) is 0 Å². The summed E-state index contributed by atoms with van der Waals surface area (Å²) >= 11 is 2.32. The summed E-state index contributed by atoms with van der Waals surface area (Å²) in [6.07, 6.45) is 6.12. The average molecular weight is 214 g/mol. The third-order valence-corrected chi connectivity index (χ3v) is 9.79. The molecule has 0 aromatic rings. The maximum absolute atomic E-state index is 2.56. The first-order valence-electron chi connectivity index (χ1n) is 5.70. The molecule has 1 saturated carbocycles. The van der Waals surface area contributed by atoms with Crippen molar-refractivity contribution in [1.82, 2.24) is 0 Å². The first-order valence-corrected chi connectivity index (χ1v) is 10.3. The van der Waals surface area contributed by atoms with Crippen LogP contribution in [0.25, 0.3) is 0 Å². The predicted octanol–water partition coefficient (Wildman–Crippen LogP) is 3.79. The summed E-state index contributed by atoms with van der Waals surface area (Å²) in [5.41, 5.74) is 0. The van der Waals surface area contributed by atoms with Crippen molar-refractivity contribution >= 4 is 19.8 Å². The topological polar surface area (TPSA) is 0 Å². The fourth-order valence-corrected chi connectivity index (χ4v) is 8.57. The third-order valence-electron chi connectivity index (χ3n) is 3.70. The van der Waals surface area contributed by atoms with E-state index < -0.39 is 8.07 Å². The first kappa shape index (κ1) is 10.1. The lowest BCUT2D eigenvalue weighted by Crippen LogP contribution is -2.41. The van der Waals surface area contributed by atoms with E-state index in [-0.39, 0.29) is 0 Å². The van der Waals surface area contributed by atoms with Gasteiger partial charge in [-0.05, 0) is 30.4 Å². The Morgan fingerprint density at radius 1 is 1.08 bits per heavy atom. The molecule has 76 valence electrons. The summed E-state index contributed by atoms with van der Waals surface area (Å²) in [5.74, 6) is 3.71. The van der Waals surface area contributed by atoms with Crippen LogP contribution in [-0.4, -0.2) is 18.7 Å². The standard InChI is InChI=1S/C11H22SSi/c1-13(2,3)11-10-7-5-4-6-9(10)8-12-11/h9-11H,4-8H2,1-3H3/t9-,10+,11+/m1/s1. The van der Waals surface area contributed by atoms with Crippen LogP contribution in [0.3, 0.4) is 0 Å². The van der Waals surface area contributed by atoms with Gasteiger partial charge in [0.25, 0.3) is 0 Å². The average Bonchev–Trinajstić information content (AvgIpc) is 2.45. The normalized spacial score (nSPS) is 40.4. The molecule has 0 amide bonds. The Kier molecular flexibility index (Phi) is 2.81. The van der Waals surface area contributed by atoms with Crippen LogP contribution in [0.4, 0.5) is 0 Å². The van der Waals surface area contributed by atoms with Gasteiger partial charge < -0.3 is 0 Å². The minimum Gasteiger partial charge on any atom is -0.161 e. The van der Waals surface area contributed by atoms with Crippen LogP contribution in [-0.2, 0) is 0 Å². The number of hydrogen-bond donors (Lipinski definition) is 0. The summed E-state index contributed by atoms with van der Waals surface area (Å²) in [5, 5.41) is 0. The van der Waals surface area contributed by atoms with E-state index in [0.717, 1.165) is 16.7 Å². The van der Waals surface area contributed by atoms with Gasteiger partial charge >= 0.3 is 0 Å². The maximum atomic E-state index is 2.56. The highest BCUT2D eigenvalue weighted by Crippen LogP contribution is 2.48. The Morgan fingerprint density at radius 2 is 1.77 bits per heavy atom. The highest BCUT2D eigenvalue weighted by Gasteiger charge is 2.43.